The van der Waals surface area contributed by atoms with E-state index in [-0.39, 0.29) is 11.9 Å². The second-order valence-electron chi connectivity index (χ2n) is 7.49. The molecule has 2 unspecified atom stereocenters. The SMILES string of the molecule is CCC(C)n1ncc2c(C(=O)Nc3ccc(CC(C)C(=O)O)cc3)cc(C)nc21. The van der Waals surface area contributed by atoms with E-state index in [1.807, 2.05) is 23.7 Å². The molecule has 3 rings (SSSR count). The predicted molar refractivity (Wildman–Crippen MR) is 112 cm³/mol. The Balaban J connectivity index is 1.83. The number of carbonyl (C=O) groups excluding carboxylic acids is 1. The molecule has 3 aromatic rings. The first kappa shape index (κ1) is 20.5. The normalized spacial score (nSPS) is 13.2. The summed E-state index contributed by atoms with van der Waals surface area (Å²) in [6.45, 7) is 7.70. The third-order valence-electron chi connectivity index (χ3n) is 5.12. The van der Waals surface area contributed by atoms with Gasteiger partial charge in [0, 0.05) is 11.4 Å². The van der Waals surface area contributed by atoms with Crippen molar-refractivity contribution in [1.82, 2.24) is 14.8 Å². The number of anilines is 1. The van der Waals surface area contributed by atoms with Crippen LogP contribution in [0, 0.1) is 12.8 Å². The van der Waals surface area contributed by atoms with Crippen LogP contribution in [-0.2, 0) is 11.2 Å². The smallest absolute Gasteiger partial charge is 0.306 e. The van der Waals surface area contributed by atoms with Gasteiger partial charge in [0.15, 0.2) is 5.65 Å². The summed E-state index contributed by atoms with van der Waals surface area (Å²) in [4.78, 5) is 28.5. The zero-order chi connectivity index (χ0) is 21.1. The lowest BCUT2D eigenvalue weighted by atomic mass is 10.0. The number of carbonyl (C=O) groups is 2. The van der Waals surface area contributed by atoms with Crippen LogP contribution < -0.4 is 5.32 Å². The van der Waals surface area contributed by atoms with Crippen LogP contribution in [0.1, 0.15) is 54.8 Å². The molecule has 2 heterocycles. The van der Waals surface area contributed by atoms with E-state index in [1.165, 1.54) is 0 Å². The third kappa shape index (κ3) is 4.45. The molecule has 0 spiro atoms. The maximum Gasteiger partial charge on any atom is 0.306 e. The highest BCUT2D eigenvalue weighted by atomic mass is 16.4. The molecule has 1 aromatic carbocycles. The van der Waals surface area contributed by atoms with Crippen molar-refractivity contribution >= 4 is 28.6 Å². The molecule has 0 aliphatic carbocycles. The van der Waals surface area contributed by atoms with Gasteiger partial charge in [-0.2, -0.15) is 5.10 Å². The van der Waals surface area contributed by atoms with E-state index in [0.717, 1.165) is 23.1 Å². The molecule has 0 aliphatic rings. The van der Waals surface area contributed by atoms with Gasteiger partial charge in [-0.3, -0.25) is 9.59 Å². The van der Waals surface area contributed by atoms with Crippen LogP contribution in [0.15, 0.2) is 36.5 Å². The van der Waals surface area contributed by atoms with Gasteiger partial charge in [0.05, 0.1) is 29.1 Å². The predicted octanol–water partition coefficient (Wildman–Crippen LogP) is 4.23. The monoisotopic (exact) mass is 394 g/mol. The van der Waals surface area contributed by atoms with E-state index in [2.05, 4.69) is 29.2 Å². The molecule has 0 saturated carbocycles. The minimum absolute atomic E-state index is 0.193. The van der Waals surface area contributed by atoms with Crippen LogP contribution in [0.3, 0.4) is 0 Å². The number of amides is 1. The van der Waals surface area contributed by atoms with E-state index in [0.29, 0.717) is 23.3 Å². The molecule has 2 atom stereocenters. The first-order chi connectivity index (χ1) is 13.8. The van der Waals surface area contributed by atoms with Crippen LogP contribution in [0.5, 0.6) is 0 Å². The van der Waals surface area contributed by atoms with Crippen molar-refractivity contribution in [3.8, 4) is 0 Å². The van der Waals surface area contributed by atoms with Gasteiger partial charge in [-0.1, -0.05) is 26.0 Å². The van der Waals surface area contributed by atoms with Crippen molar-refractivity contribution in [2.24, 2.45) is 5.92 Å². The summed E-state index contributed by atoms with van der Waals surface area (Å²) >= 11 is 0. The highest BCUT2D eigenvalue weighted by Gasteiger charge is 2.18. The molecule has 7 nitrogen and oxygen atoms in total. The lowest BCUT2D eigenvalue weighted by Crippen LogP contribution is -2.14. The number of benzene rings is 1. The van der Waals surface area contributed by atoms with Gasteiger partial charge in [-0.05, 0) is 50.5 Å². The Morgan fingerprint density at radius 2 is 1.90 bits per heavy atom. The molecule has 152 valence electrons. The molecule has 0 radical (unpaired) electrons. The van der Waals surface area contributed by atoms with E-state index >= 15 is 0 Å². The van der Waals surface area contributed by atoms with Gasteiger partial charge in [-0.15, -0.1) is 0 Å². The van der Waals surface area contributed by atoms with Gasteiger partial charge >= 0.3 is 5.97 Å². The van der Waals surface area contributed by atoms with Gasteiger partial charge in [0.2, 0.25) is 0 Å². The van der Waals surface area contributed by atoms with E-state index in [9.17, 15) is 9.59 Å². The highest BCUT2D eigenvalue weighted by Crippen LogP contribution is 2.23. The second-order valence-corrected chi connectivity index (χ2v) is 7.49. The average Bonchev–Trinajstić information content (AvgIpc) is 3.11. The molecule has 7 heteroatoms. The minimum atomic E-state index is -0.822. The fourth-order valence-corrected chi connectivity index (χ4v) is 3.19. The van der Waals surface area contributed by atoms with Crippen molar-refractivity contribution in [2.75, 3.05) is 5.32 Å². The standard InChI is InChI=1S/C22H26N4O3/c1-5-15(4)26-20-19(12-23-26)18(11-14(3)24-20)21(27)25-17-8-6-16(7-9-17)10-13(2)22(28)29/h6-9,11-13,15H,5,10H2,1-4H3,(H,25,27)(H,28,29). The van der Waals surface area contributed by atoms with E-state index < -0.39 is 11.9 Å². The fourth-order valence-electron chi connectivity index (χ4n) is 3.19. The van der Waals surface area contributed by atoms with Crippen LogP contribution >= 0.6 is 0 Å². The number of aryl methyl sites for hydroxylation is 1. The second kappa shape index (κ2) is 8.43. The number of nitrogens with one attached hydrogen (secondary N) is 1. The number of fused-ring (bicyclic) bond motifs is 1. The first-order valence-corrected chi connectivity index (χ1v) is 9.78. The Hall–Kier alpha value is -3.22. The zero-order valence-electron chi connectivity index (χ0n) is 17.1. The molecule has 2 aromatic heterocycles. The third-order valence-corrected chi connectivity index (χ3v) is 5.12. The number of aliphatic carboxylic acids is 1. The maximum atomic E-state index is 12.9. The lowest BCUT2D eigenvalue weighted by molar-refractivity contribution is -0.141. The number of rotatable bonds is 7. The number of carboxylic acids is 1. The van der Waals surface area contributed by atoms with Crippen LogP contribution in [0.4, 0.5) is 5.69 Å². The number of nitrogens with zero attached hydrogens (tertiary/aromatic N) is 3. The topological polar surface area (TPSA) is 97.1 Å². The summed E-state index contributed by atoms with van der Waals surface area (Å²) in [6.07, 6.45) is 3.06. The van der Waals surface area contributed by atoms with Crippen molar-refractivity contribution in [3.05, 3.63) is 53.3 Å². The minimum Gasteiger partial charge on any atom is -0.481 e. The van der Waals surface area contributed by atoms with Crippen molar-refractivity contribution in [1.29, 1.82) is 0 Å². The molecule has 0 fully saturated rings. The molecule has 1 amide bonds. The molecule has 0 aliphatic heterocycles. The Kier molecular flexibility index (Phi) is 5.96. The van der Waals surface area contributed by atoms with Crippen LogP contribution in [0.25, 0.3) is 11.0 Å². The average molecular weight is 394 g/mol. The number of pyridine rings is 1. The van der Waals surface area contributed by atoms with E-state index in [1.54, 1.807) is 31.3 Å². The van der Waals surface area contributed by atoms with Crippen LogP contribution in [0.2, 0.25) is 0 Å². The summed E-state index contributed by atoms with van der Waals surface area (Å²) < 4.78 is 1.86. The Morgan fingerprint density at radius 1 is 1.21 bits per heavy atom. The molecule has 29 heavy (non-hydrogen) atoms. The quantitative estimate of drug-likeness (QED) is 0.625. The Morgan fingerprint density at radius 3 is 2.52 bits per heavy atom. The molecule has 0 saturated heterocycles. The first-order valence-electron chi connectivity index (χ1n) is 9.78. The van der Waals surface area contributed by atoms with Gasteiger partial charge in [-0.25, -0.2) is 9.67 Å². The number of hydrogen-bond donors (Lipinski definition) is 2. The summed E-state index contributed by atoms with van der Waals surface area (Å²) in [5, 5.41) is 17.1. The van der Waals surface area contributed by atoms with Gasteiger partial charge in [0.25, 0.3) is 5.91 Å². The molecule has 0 bridgehead atoms. The van der Waals surface area contributed by atoms with E-state index in [4.69, 9.17) is 5.11 Å². The van der Waals surface area contributed by atoms with Crippen molar-refractivity contribution < 1.29 is 14.7 Å². The molecular weight excluding hydrogens is 368 g/mol. The summed E-state index contributed by atoms with van der Waals surface area (Å²) in [5.74, 6) is -1.50. The lowest BCUT2D eigenvalue weighted by Gasteiger charge is -2.12. The maximum absolute atomic E-state index is 12.9. The molecule has 2 N–H and O–H groups in total. The van der Waals surface area contributed by atoms with Gasteiger partial charge in [0.1, 0.15) is 0 Å². The summed E-state index contributed by atoms with van der Waals surface area (Å²) in [7, 11) is 0. The highest BCUT2D eigenvalue weighted by molar-refractivity contribution is 6.12. The van der Waals surface area contributed by atoms with Crippen molar-refractivity contribution in [2.45, 2.75) is 46.6 Å². The number of hydrogen-bond acceptors (Lipinski definition) is 4. The summed E-state index contributed by atoms with van der Waals surface area (Å²) in [5.41, 5.74) is 3.56. The van der Waals surface area contributed by atoms with Gasteiger partial charge < -0.3 is 10.4 Å². The summed E-state index contributed by atoms with van der Waals surface area (Å²) in [6, 6.07) is 9.21. The largest absolute Gasteiger partial charge is 0.481 e. The van der Waals surface area contributed by atoms with Crippen molar-refractivity contribution in [3.63, 3.8) is 0 Å². The Bertz CT molecular complexity index is 1040. The Labute approximate surface area is 169 Å². The zero-order valence-corrected chi connectivity index (χ0v) is 17.1. The molecular formula is C22H26N4O3. The number of carboxylic acid groups (broad SMARTS) is 1. The number of aromatic nitrogens is 3. The fraction of sp³-hybridized carbons (Fsp3) is 0.364. The van der Waals surface area contributed by atoms with Crippen LogP contribution in [-0.4, -0.2) is 31.7 Å².